The van der Waals surface area contributed by atoms with Gasteiger partial charge in [-0.3, -0.25) is 0 Å². The first-order valence-corrected chi connectivity index (χ1v) is 5.44. The van der Waals surface area contributed by atoms with Gasteiger partial charge in [0.15, 0.2) is 0 Å². The molecule has 0 atom stereocenters. The highest BCUT2D eigenvalue weighted by Gasteiger charge is 2.06. The average molecular weight is 233 g/mol. The molecule has 0 unspecified atom stereocenters. The topological polar surface area (TPSA) is 48.7 Å². The Bertz CT molecular complexity index is 660. The molecule has 1 N–H and O–H groups in total. The van der Waals surface area contributed by atoms with E-state index in [1.54, 1.807) is 6.20 Å². The van der Waals surface area contributed by atoms with Gasteiger partial charge in [0.25, 0.3) is 0 Å². The van der Waals surface area contributed by atoms with Crippen LogP contribution in [0.3, 0.4) is 0 Å². The van der Waals surface area contributed by atoms with E-state index in [1.165, 1.54) is 0 Å². The lowest BCUT2D eigenvalue weighted by atomic mass is 10.1. The van der Waals surface area contributed by atoms with Crippen molar-refractivity contribution in [2.75, 3.05) is 5.32 Å². The van der Waals surface area contributed by atoms with E-state index >= 15 is 0 Å². The number of hydrogen-bond donors (Lipinski definition) is 1. The van der Waals surface area contributed by atoms with Gasteiger partial charge in [-0.2, -0.15) is 5.26 Å². The molecule has 0 aliphatic heterocycles. The summed E-state index contributed by atoms with van der Waals surface area (Å²) >= 11 is 0. The van der Waals surface area contributed by atoms with Gasteiger partial charge in [0.05, 0.1) is 5.56 Å². The Kier molecular flexibility index (Phi) is 3.27. The third-order valence-electron chi connectivity index (χ3n) is 2.56. The molecule has 3 nitrogen and oxygen atoms in total. The number of pyridine rings is 1. The lowest BCUT2D eigenvalue weighted by Gasteiger charge is -2.08. The first-order valence-electron chi connectivity index (χ1n) is 5.44. The zero-order valence-corrected chi connectivity index (χ0v) is 9.94. The van der Waals surface area contributed by atoms with E-state index in [0.29, 0.717) is 11.4 Å². The second-order valence-electron chi connectivity index (χ2n) is 3.81. The number of nitriles is 1. The largest absolute Gasteiger partial charge is 0.339 e. The summed E-state index contributed by atoms with van der Waals surface area (Å²) in [5.41, 5.74) is 3.04. The minimum absolute atomic E-state index is 0.545. The summed E-state index contributed by atoms with van der Waals surface area (Å²) in [5.74, 6) is 3.12. The minimum atomic E-state index is 0.545. The first-order chi connectivity index (χ1) is 8.74. The van der Waals surface area contributed by atoms with Gasteiger partial charge in [-0.15, -0.1) is 6.42 Å². The zero-order chi connectivity index (χ0) is 13.0. The fraction of sp³-hybridized carbons (Fsp3) is 0.0667. The molecule has 0 fully saturated rings. The van der Waals surface area contributed by atoms with Gasteiger partial charge >= 0.3 is 0 Å². The standard InChI is InChI=1S/C15H11N3/c1-3-12-5-4-6-13(9-12)18-15-14(10-16)11(2)7-8-17-15/h1,4-9H,2H3,(H,17,18). The first kappa shape index (κ1) is 11.7. The molecule has 0 radical (unpaired) electrons. The summed E-state index contributed by atoms with van der Waals surface area (Å²) < 4.78 is 0. The number of aromatic nitrogens is 1. The van der Waals surface area contributed by atoms with E-state index in [2.05, 4.69) is 22.3 Å². The maximum Gasteiger partial charge on any atom is 0.148 e. The van der Waals surface area contributed by atoms with E-state index in [1.807, 2.05) is 37.3 Å². The molecule has 0 saturated carbocycles. The third kappa shape index (κ3) is 2.31. The Morgan fingerprint density at radius 3 is 2.89 bits per heavy atom. The van der Waals surface area contributed by atoms with E-state index in [0.717, 1.165) is 16.8 Å². The van der Waals surface area contributed by atoms with Crippen LogP contribution in [0.4, 0.5) is 11.5 Å². The van der Waals surface area contributed by atoms with Crippen molar-refractivity contribution >= 4 is 11.5 Å². The Labute approximate surface area is 106 Å². The molecule has 2 rings (SSSR count). The van der Waals surface area contributed by atoms with Gasteiger partial charge in [-0.05, 0) is 36.8 Å². The van der Waals surface area contributed by atoms with Crippen LogP contribution >= 0.6 is 0 Å². The molecular formula is C15H11N3. The van der Waals surface area contributed by atoms with E-state index in [9.17, 15) is 0 Å². The van der Waals surface area contributed by atoms with Crippen molar-refractivity contribution < 1.29 is 0 Å². The summed E-state index contributed by atoms with van der Waals surface area (Å²) in [6.45, 7) is 1.88. The number of anilines is 2. The number of terminal acetylenes is 1. The second-order valence-corrected chi connectivity index (χ2v) is 3.81. The zero-order valence-electron chi connectivity index (χ0n) is 9.94. The van der Waals surface area contributed by atoms with Crippen LogP contribution in [0.25, 0.3) is 0 Å². The van der Waals surface area contributed by atoms with Gasteiger partial charge in [0.1, 0.15) is 11.9 Å². The molecule has 1 aromatic carbocycles. The molecule has 1 heterocycles. The van der Waals surface area contributed by atoms with Crippen molar-refractivity contribution in [3.8, 4) is 18.4 Å². The molecule has 0 aliphatic carbocycles. The summed E-state index contributed by atoms with van der Waals surface area (Å²) in [4.78, 5) is 4.18. The molecule has 0 spiro atoms. The number of nitrogens with one attached hydrogen (secondary N) is 1. The Hall–Kier alpha value is -2.78. The normalized spacial score (nSPS) is 9.28. The molecule has 0 aliphatic rings. The number of aryl methyl sites for hydroxylation is 1. The fourth-order valence-electron chi connectivity index (χ4n) is 1.62. The molecule has 3 heteroatoms. The molecular weight excluding hydrogens is 222 g/mol. The monoisotopic (exact) mass is 233 g/mol. The summed E-state index contributed by atoms with van der Waals surface area (Å²) in [7, 11) is 0. The van der Waals surface area contributed by atoms with E-state index < -0.39 is 0 Å². The molecule has 2 aromatic rings. The van der Waals surface area contributed by atoms with Gasteiger partial charge in [-0.25, -0.2) is 4.98 Å². The maximum atomic E-state index is 9.12. The summed E-state index contributed by atoms with van der Waals surface area (Å²) in [5, 5.41) is 12.2. The number of hydrogen-bond acceptors (Lipinski definition) is 3. The molecule has 0 bridgehead atoms. The summed E-state index contributed by atoms with van der Waals surface area (Å²) in [6.07, 6.45) is 7.02. The molecule has 18 heavy (non-hydrogen) atoms. The van der Waals surface area contributed by atoms with E-state index in [4.69, 9.17) is 11.7 Å². The Balaban J connectivity index is 2.38. The fourth-order valence-corrected chi connectivity index (χ4v) is 1.62. The summed E-state index contributed by atoms with van der Waals surface area (Å²) in [6, 6.07) is 11.4. The van der Waals surface area contributed by atoms with Crippen molar-refractivity contribution in [3.05, 3.63) is 53.2 Å². The number of benzene rings is 1. The highest BCUT2D eigenvalue weighted by atomic mass is 15.0. The van der Waals surface area contributed by atoms with Gasteiger partial charge in [0, 0.05) is 17.4 Å². The van der Waals surface area contributed by atoms with Crippen molar-refractivity contribution in [3.63, 3.8) is 0 Å². The second kappa shape index (κ2) is 5.03. The number of rotatable bonds is 2. The number of nitrogens with zero attached hydrogens (tertiary/aromatic N) is 2. The van der Waals surface area contributed by atoms with E-state index in [-0.39, 0.29) is 0 Å². The smallest absolute Gasteiger partial charge is 0.148 e. The van der Waals surface area contributed by atoms with Gasteiger partial charge in [0.2, 0.25) is 0 Å². The minimum Gasteiger partial charge on any atom is -0.339 e. The molecule has 86 valence electrons. The van der Waals surface area contributed by atoms with Gasteiger partial charge < -0.3 is 5.32 Å². The predicted molar refractivity (Wildman–Crippen MR) is 71.3 cm³/mol. The average Bonchev–Trinajstić information content (AvgIpc) is 2.39. The third-order valence-corrected chi connectivity index (χ3v) is 2.56. The Morgan fingerprint density at radius 2 is 2.17 bits per heavy atom. The highest BCUT2D eigenvalue weighted by Crippen LogP contribution is 2.20. The maximum absolute atomic E-state index is 9.12. The van der Waals surface area contributed by atoms with Crippen LogP contribution in [0.15, 0.2) is 36.5 Å². The predicted octanol–water partition coefficient (Wildman–Crippen LogP) is 2.99. The lowest BCUT2D eigenvalue weighted by Crippen LogP contribution is -1.98. The molecule has 0 amide bonds. The van der Waals surface area contributed by atoms with Crippen molar-refractivity contribution in [2.45, 2.75) is 6.92 Å². The van der Waals surface area contributed by atoms with Crippen LogP contribution in [-0.4, -0.2) is 4.98 Å². The molecule has 0 saturated heterocycles. The van der Waals surface area contributed by atoms with Crippen molar-refractivity contribution in [2.24, 2.45) is 0 Å². The van der Waals surface area contributed by atoms with Crippen molar-refractivity contribution in [1.29, 1.82) is 5.26 Å². The SMILES string of the molecule is C#Cc1cccc(Nc2nccc(C)c2C#N)c1. The van der Waals surface area contributed by atoms with Crippen LogP contribution in [-0.2, 0) is 0 Å². The van der Waals surface area contributed by atoms with Crippen LogP contribution in [0, 0.1) is 30.6 Å². The lowest BCUT2D eigenvalue weighted by molar-refractivity contribution is 1.24. The van der Waals surface area contributed by atoms with Crippen LogP contribution < -0.4 is 5.32 Å². The van der Waals surface area contributed by atoms with Crippen LogP contribution in [0.1, 0.15) is 16.7 Å². The Morgan fingerprint density at radius 1 is 1.33 bits per heavy atom. The van der Waals surface area contributed by atoms with Gasteiger partial charge in [-0.1, -0.05) is 12.0 Å². The van der Waals surface area contributed by atoms with Crippen LogP contribution in [0.2, 0.25) is 0 Å². The quantitative estimate of drug-likeness (QED) is 0.811. The van der Waals surface area contributed by atoms with Crippen molar-refractivity contribution in [1.82, 2.24) is 4.98 Å². The molecule has 1 aromatic heterocycles. The van der Waals surface area contributed by atoms with Crippen LogP contribution in [0.5, 0.6) is 0 Å². The highest BCUT2D eigenvalue weighted by molar-refractivity contribution is 5.65.